The second-order valence-electron chi connectivity index (χ2n) is 8.47. The number of rotatable bonds is 10. The maximum absolute atomic E-state index is 12.3. The quantitative estimate of drug-likeness (QED) is 0.300. The van der Waals surface area contributed by atoms with Gasteiger partial charge in [-0.1, -0.05) is 48.0 Å². The highest BCUT2D eigenvalue weighted by Crippen LogP contribution is 2.21. The van der Waals surface area contributed by atoms with E-state index in [4.69, 9.17) is 21.3 Å². The Morgan fingerprint density at radius 2 is 1.82 bits per heavy atom. The number of aromatic nitrogens is 2. The lowest BCUT2D eigenvalue weighted by Gasteiger charge is -2.13. The first-order valence-corrected chi connectivity index (χ1v) is 12.0. The van der Waals surface area contributed by atoms with Crippen LogP contribution in [0.25, 0.3) is 11.0 Å². The third kappa shape index (κ3) is 5.97. The Morgan fingerprint density at radius 3 is 2.65 bits per heavy atom. The summed E-state index contributed by atoms with van der Waals surface area (Å²) in [6, 6.07) is 21.7. The Morgan fingerprint density at radius 1 is 1.03 bits per heavy atom. The van der Waals surface area contributed by atoms with E-state index < -0.39 is 0 Å². The van der Waals surface area contributed by atoms with Crippen LogP contribution in [0.5, 0.6) is 5.75 Å². The van der Waals surface area contributed by atoms with Crippen LogP contribution in [0.15, 0.2) is 66.7 Å². The predicted molar refractivity (Wildman–Crippen MR) is 138 cm³/mol. The first kappa shape index (κ1) is 23.8. The average molecular weight is 476 g/mol. The van der Waals surface area contributed by atoms with Crippen LogP contribution in [-0.4, -0.2) is 28.6 Å². The Labute approximate surface area is 205 Å². The van der Waals surface area contributed by atoms with Gasteiger partial charge in [-0.3, -0.25) is 4.79 Å². The van der Waals surface area contributed by atoms with E-state index in [0.717, 1.165) is 41.0 Å². The number of fused-ring (bicyclic) bond motifs is 1. The van der Waals surface area contributed by atoms with Crippen LogP contribution in [0.3, 0.4) is 0 Å². The summed E-state index contributed by atoms with van der Waals surface area (Å²) < 4.78 is 8.33. The van der Waals surface area contributed by atoms with Gasteiger partial charge in [0.05, 0.1) is 24.0 Å². The molecule has 0 saturated heterocycles. The minimum absolute atomic E-state index is 0.0118. The van der Waals surface area contributed by atoms with Crippen LogP contribution in [0.1, 0.15) is 28.9 Å². The standard InChI is InChI=1S/C28H30ClN3O2/c1-20-7-5-10-26(21(20)2)34-18-17-32-25-9-4-3-8-24(25)31-27(32)11-6-16-30-28(33)19-22-12-14-23(29)15-13-22/h3-5,7-10,12-15H,6,11,16-19H2,1-2H3,(H,30,33). The van der Waals surface area contributed by atoms with Crippen molar-refractivity contribution in [3.05, 3.63) is 94.3 Å². The number of carbonyl (C=O) groups is 1. The summed E-state index contributed by atoms with van der Waals surface area (Å²) >= 11 is 5.91. The molecule has 1 amide bonds. The lowest BCUT2D eigenvalue weighted by Crippen LogP contribution is -2.26. The van der Waals surface area contributed by atoms with Crippen LogP contribution >= 0.6 is 11.6 Å². The molecule has 0 spiro atoms. The summed E-state index contributed by atoms with van der Waals surface area (Å²) in [7, 11) is 0. The van der Waals surface area contributed by atoms with Gasteiger partial charge in [0.1, 0.15) is 18.2 Å². The first-order chi connectivity index (χ1) is 16.5. The lowest BCUT2D eigenvalue weighted by molar-refractivity contribution is -0.120. The van der Waals surface area contributed by atoms with E-state index in [0.29, 0.717) is 31.1 Å². The van der Waals surface area contributed by atoms with Crippen LogP contribution < -0.4 is 10.1 Å². The SMILES string of the molecule is Cc1cccc(OCCn2c(CCCNC(=O)Cc3ccc(Cl)cc3)nc3ccccc32)c1C. The largest absolute Gasteiger partial charge is 0.491 e. The van der Waals surface area contributed by atoms with Crippen LogP contribution in [0.2, 0.25) is 5.02 Å². The summed E-state index contributed by atoms with van der Waals surface area (Å²) in [6.07, 6.45) is 1.94. The highest BCUT2D eigenvalue weighted by molar-refractivity contribution is 6.30. The van der Waals surface area contributed by atoms with Crippen molar-refractivity contribution < 1.29 is 9.53 Å². The normalized spacial score (nSPS) is 11.0. The van der Waals surface area contributed by atoms with Crippen LogP contribution in [0, 0.1) is 13.8 Å². The Kier molecular flexibility index (Phi) is 7.86. The van der Waals surface area contributed by atoms with Gasteiger partial charge in [0.15, 0.2) is 0 Å². The van der Waals surface area contributed by atoms with Crippen molar-refractivity contribution in [3.8, 4) is 5.75 Å². The lowest BCUT2D eigenvalue weighted by atomic mass is 10.1. The summed E-state index contributed by atoms with van der Waals surface area (Å²) in [5.74, 6) is 1.95. The number of nitrogens with one attached hydrogen (secondary N) is 1. The molecular weight excluding hydrogens is 446 g/mol. The van der Waals surface area contributed by atoms with Gasteiger partial charge in [-0.15, -0.1) is 0 Å². The molecule has 0 radical (unpaired) electrons. The molecule has 0 unspecified atom stereocenters. The molecule has 0 aliphatic heterocycles. The van der Waals surface area contributed by atoms with Crippen LogP contribution in [0.4, 0.5) is 0 Å². The maximum atomic E-state index is 12.3. The number of ether oxygens (including phenoxy) is 1. The van der Waals surface area contributed by atoms with E-state index in [-0.39, 0.29) is 5.91 Å². The molecule has 0 saturated carbocycles. The summed E-state index contributed by atoms with van der Waals surface area (Å²) in [5, 5.41) is 3.68. The van der Waals surface area contributed by atoms with Crippen LogP contribution in [-0.2, 0) is 24.2 Å². The van der Waals surface area contributed by atoms with E-state index in [9.17, 15) is 4.79 Å². The Hall–Kier alpha value is -3.31. The molecule has 34 heavy (non-hydrogen) atoms. The van der Waals surface area contributed by atoms with Gasteiger partial charge < -0.3 is 14.6 Å². The van der Waals surface area contributed by atoms with E-state index >= 15 is 0 Å². The molecule has 0 fully saturated rings. The third-order valence-electron chi connectivity index (χ3n) is 6.04. The Bertz CT molecular complexity index is 1260. The zero-order valence-electron chi connectivity index (χ0n) is 19.7. The highest BCUT2D eigenvalue weighted by atomic mass is 35.5. The number of halogens is 1. The van der Waals surface area contributed by atoms with Gasteiger partial charge in [-0.05, 0) is 67.3 Å². The number of aryl methyl sites for hydroxylation is 2. The molecule has 0 bridgehead atoms. The zero-order chi connectivity index (χ0) is 23.9. The minimum atomic E-state index is 0.0118. The number of hydrogen-bond donors (Lipinski definition) is 1. The summed E-state index contributed by atoms with van der Waals surface area (Å²) in [4.78, 5) is 17.1. The van der Waals surface area contributed by atoms with E-state index in [1.807, 2.05) is 42.5 Å². The van der Waals surface area contributed by atoms with Gasteiger partial charge in [0.25, 0.3) is 0 Å². The number of nitrogens with zero attached hydrogens (tertiary/aromatic N) is 2. The van der Waals surface area contributed by atoms with Crippen molar-refractivity contribution in [1.82, 2.24) is 14.9 Å². The Balaban J connectivity index is 1.33. The summed E-state index contributed by atoms with van der Waals surface area (Å²) in [6.45, 7) is 6.07. The van der Waals surface area contributed by atoms with E-state index in [1.54, 1.807) is 12.1 Å². The number of carbonyl (C=O) groups excluding carboxylic acids is 1. The molecule has 4 aromatic rings. The second kappa shape index (κ2) is 11.2. The summed E-state index contributed by atoms with van der Waals surface area (Å²) in [5.41, 5.74) is 5.44. The smallest absolute Gasteiger partial charge is 0.224 e. The molecule has 1 N–H and O–H groups in total. The van der Waals surface area contributed by atoms with Crippen molar-refractivity contribution in [2.45, 2.75) is 39.7 Å². The number of para-hydroxylation sites is 2. The number of amides is 1. The topological polar surface area (TPSA) is 56.1 Å². The highest BCUT2D eigenvalue weighted by Gasteiger charge is 2.11. The van der Waals surface area contributed by atoms with Crippen molar-refractivity contribution in [2.75, 3.05) is 13.2 Å². The minimum Gasteiger partial charge on any atom is -0.491 e. The number of benzene rings is 3. The monoisotopic (exact) mass is 475 g/mol. The van der Waals surface area contributed by atoms with E-state index in [2.05, 4.69) is 35.9 Å². The van der Waals surface area contributed by atoms with E-state index in [1.165, 1.54) is 11.1 Å². The molecule has 0 aliphatic rings. The molecule has 1 aromatic heterocycles. The van der Waals surface area contributed by atoms with Crippen molar-refractivity contribution in [1.29, 1.82) is 0 Å². The molecule has 176 valence electrons. The number of hydrogen-bond acceptors (Lipinski definition) is 3. The van der Waals surface area contributed by atoms with Gasteiger partial charge in [-0.25, -0.2) is 4.98 Å². The van der Waals surface area contributed by atoms with Crippen molar-refractivity contribution >= 4 is 28.5 Å². The average Bonchev–Trinajstić information content (AvgIpc) is 3.18. The molecular formula is C28H30ClN3O2. The third-order valence-corrected chi connectivity index (χ3v) is 6.29. The second-order valence-corrected chi connectivity index (χ2v) is 8.91. The molecule has 4 rings (SSSR count). The van der Waals surface area contributed by atoms with Crippen molar-refractivity contribution in [3.63, 3.8) is 0 Å². The van der Waals surface area contributed by atoms with Gasteiger partial charge >= 0.3 is 0 Å². The van der Waals surface area contributed by atoms with Gasteiger partial charge in [0.2, 0.25) is 5.91 Å². The molecule has 1 heterocycles. The van der Waals surface area contributed by atoms with Crippen molar-refractivity contribution in [2.24, 2.45) is 0 Å². The fraction of sp³-hybridized carbons (Fsp3) is 0.286. The first-order valence-electron chi connectivity index (χ1n) is 11.7. The van der Waals surface area contributed by atoms with Gasteiger partial charge in [0, 0.05) is 18.0 Å². The molecule has 6 heteroatoms. The zero-order valence-corrected chi connectivity index (χ0v) is 20.4. The fourth-order valence-electron chi connectivity index (χ4n) is 4.02. The van der Waals surface area contributed by atoms with Gasteiger partial charge in [-0.2, -0.15) is 0 Å². The number of imidazole rings is 1. The fourth-order valence-corrected chi connectivity index (χ4v) is 4.14. The maximum Gasteiger partial charge on any atom is 0.224 e. The molecule has 0 aliphatic carbocycles. The molecule has 3 aromatic carbocycles. The predicted octanol–water partition coefficient (Wildman–Crippen LogP) is 5.68. The molecule has 5 nitrogen and oxygen atoms in total. The molecule has 0 atom stereocenters.